The number of nitrogens with zero attached hydrogens (tertiary/aromatic N) is 1. The molecule has 1 N–H and O–H groups in total. The fourth-order valence-corrected chi connectivity index (χ4v) is 2.23. The third-order valence-corrected chi connectivity index (χ3v) is 3.45. The average Bonchev–Trinajstić information content (AvgIpc) is 2.63. The third-order valence-electron chi connectivity index (χ3n) is 3.45. The topological polar surface area (TPSA) is 77.5 Å². The summed E-state index contributed by atoms with van der Waals surface area (Å²) in [5.41, 5.74) is 0.0347. The molecule has 1 heterocycles. The third kappa shape index (κ3) is 4.28. The van der Waals surface area contributed by atoms with Crippen LogP contribution >= 0.6 is 0 Å². The zero-order valence-corrected chi connectivity index (χ0v) is 13.6. The number of aromatic nitrogens is 1. The van der Waals surface area contributed by atoms with Crippen LogP contribution in [-0.4, -0.2) is 37.1 Å². The molecular formula is C17H16F2N2O4. The van der Waals surface area contributed by atoms with Crippen LogP contribution < -0.4 is 10.1 Å². The normalized spacial score (nSPS) is 11.5. The Morgan fingerprint density at radius 1 is 1.20 bits per heavy atom. The molecule has 25 heavy (non-hydrogen) atoms. The van der Waals surface area contributed by atoms with Crippen molar-refractivity contribution in [2.24, 2.45) is 0 Å². The predicted molar refractivity (Wildman–Crippen MR) is 84.1 cm³/mol. The number of rotatable bonds is 6. The monoisotopic (exact) mass is 350 g/mol. The molecule has 2 aromatic rings. The van der Waals surface area contributed by atoms with Crippen LogP contribution in [0.4, 0.5) is 8.78 Å². The Kier molecular flexibility index (Phi) is 5.99. The minimum atomic E-state index is -1.29. The van der Waals surface area contributed by atoms with Crippen molar-refractivity contribution in [2.75, 3.05) is 14.2 Å². The van der Waals surface area contributed by atoms with Crippen molar-refractivity contribution in [3.63, 3.8) is 0 Å². The van der Waals surface area contributed by atoms with E-state index in [-0.39, 0.29) is 12.3 Å². The summed E-state index contributed by atoms with van der Waals surface area (Å²) in [6.45, 7) is 0. The highest BCUT2D eigenvalue weighted by atomic mass is 19.2. The van der Waals surface area contributed by atoms with Crippen molar-refractivity contribution in [1.29, 1.82) is 0 Å². The largest absolute Gasteiger partial charge is 0.481 e. The van der Waals surface area contributed by atoms with Gasteiger partial charge in [-0.25, -0.2) is 18.6 Å². The Morgan fingerprint density at radius 3 is 2.64 bits per heavy atom. The second-order valence-corrected chi connectivity index (χ2v) is 5.03. The number of methoxy groups -OCH3 is 2. The second kappa shape index (κ2) is 8.18. The van der Waals surface area contributed by atoms with Gasteiger partial charge < -0.3 is 14.8 Å². The summed E-state index contributed by atoms with van der Waals surface area (Å²) in [6, 6.07) is 5.39. The maximum Gasteiger partial charge on any atom is 0.328 e. The smallest absolute Gasteiger partial charge is 0.328 e. The van der Waals surface area contributed by atoms with E-state index in [1.54, 1.807) is 12.1 Å². The average molecular weight is 350 g/mol. The molecule has 0 saturated carbocycles. The molecule has 1 atom stereocenters. The van der Waals surface area contributed by atoms with Gasteiger partial charge in [-0.15, -0.1) is 0 Å². The Balaban J connectivity index is 2.25. The van der Waals surface area contributed by atoms with Gasteiger partial charge in [0.25, 0.3) is 5.91 Å². The van der Waals surface area contributed by atoms with Gasteiger partial charge in [-0.3, -0.25) is 4.79 Å². The number of halogens is 2. The van der Waals surface area contributed by atoms with Crippen LogP contribution in [0.25, 0.3) is 0 Å². The molecule has 1 aromatic heterocycles. The number of pyridine rings is 1. The van der Waals surface area contributed by atoms with E-state index in [0.29, 0.717) is 5.56 Å². The number of ether oxygens (including phenoxy) is 2. The Labute approximate surface area is 142 Å². The molecule has 0 unspecified atom stereocenters. The fourth-order valence-electron chi connectivity index (χ4n) is 2.23. The van der Waals surface area contributed by atoms with Gasteiger partial charge in [-0.1, -0.05) is 12.1 Å². The lowest BCUT2D eigenvalue weighted by molar-refractivity contribution is -0.142. The lowest BCUT2D eigenvalue weighted by Crippen LogP contribution is -2.43. The summed E-state index contributed by atoms with van der Waals surface area (Å²) in [7, 11) is 2.57. The molecule has 0 aliphatic rings. The van der Waals surface area contributed by atoms with Gasteiger partial charge in [-0.05, 0) is 18.2 Å². The molecule has 0 aliphatic carbocycles. The molecule has 8 heteroatoms. The summed E-state index contributed by atoms with van der Waals surface area (Å²) < 4.78 is 36.8. The van der Waals surface area contributed by atoms with Crippen LogP contribution in [-0.2, 0) is 16.0 Å². The number of nitrogens with one attached hydrogen (secondary N) is 1. The fraction of sp³-hybridized carbons (Fsp3) is 0.235. The lowest BCUT2D eigenvalue weighted by Gasteiger charge is -2.17. The van der Waals surface area contributed by atoms with Crippen molar-refractivity contribution in [3.8, 4) is 5.88 Å². The number of hydrogen-bond acceptors (Lipinski definition) is 5. The van der Waals surface area contributed by atoms with E-state index in [2.05, 4.69) is 15.0 Å². The van der Waals surface area contributed by atoms with Crippen LogP contribution in [0.15, 0.2) is 36.5 Å². The Hall–Kier alpha value is -3.03. The van der Waals surface area contributed by atoms with Crippen molar-refractivity contribution in [3.05, 3.63) is 59.3 Å². The van der Waals surface area contributed by atoms with E-state index >= 15 is 0 Å². The molecule has 0 spiro atoms. The van der Waals surface area contributed by atoms with Crippen molar-refractivity contribution >= 4 is 11.9 Å². The van der Waals surface area contributed by atoms with E-state index in [1.807, 2.05) is 0 Å². The van der Waals surface area contributed by atoms with Crippen molar-refractivity contribution in [2.45, 2.75) is 12.5 Å². The first-order chi connectivity index (χ1) is 12.0. The van der Waals surface area contributed by atoms with Gasteiger partial charge in [0.05, 0.1) is 19.8 Å². The predicted octanol–water partition coefficient (Wildman–Crippen LogP) is 1.88. The molecule has 0 radical (unpaired) electrons. The summed E-state index contributed by atoms with van der Waals surface area (Å²) in [6.07, 6.45) is 1.52. The van der Waals surface area contributed by atoms with E-state index in [4.69, 9.17) is 4.74 Å². The van der Waals surface area contributed by atoms with Crippen LogP contribution in [0.1, 0.15) is 15.9 Å². The summed E-state index contributed by atoms with van der Waals surface area (Å²) >= 11 is 0. The molecule has 6 nitrogen and oxygen atoms in total. The van der Waals surface area contributed by atoms with E-state index in [9.17, 15) is 18.4 Å². The van der Waals surface area contributed by atoms with Crippen molar-refractivity contribution < 1.29 is 27.8 Å². The first kappa shape index (κ1) is 18.3. The number of hydrogen-bond donors (Lipinski definition) is 1. The first-order valence-electron chi connectivity index (χ1n) is 7.28. The number of benzene rings is 1. The Morgan fingerprint density at radius 2 is 1.96 bits per heavy atom. The van der Waals surface area contributed by atoms with Gasteiger partial charge in [0.2, 0.25) is 5.88 Å². The highest BCUT2D eigenvalue weighted by Crippen LogP contribution is 2.17. The van der Waals surface area contributed by atoms with Crippen LogP contribution in [0.5, 0.6) is 5.88 Å². The first-order valence-corrected chi connectivity index (χ1v) is 7.28. The maximum absolute atomic E-state index is 13.7. The van der Waals surface area contributed by atoms with Crippen molar-refractivity contribution in [1.82, 2.24) is 10.3 Å². The van der Waals surface area contributed by atoms with Gasteiger partial charge in [-0.2, -0.15) is 0 Å². The van der Waals surface area contributed by atoms with E-state index < -0.39 is 35.1 Å². The number of esters is 1. The van der Waals surface area contributed by atoms with E-state index in [0.717, 1.165) is 19.2 Å². The SMILES string of the molecule is COC(=O)[C@@H](Cc1cccnc1OC)NC(=O)c1cccc(F)c1F. The second-order valence-electron chi connectivity index (χ2n) is 5.03. The number of carbonyl (C=O) groups is 2. The number of amides is 1. The van der Waals surface area contributed by atoms with Gasteiger partial charge >= 0.3 is 5.97 Å². The van der Waals surface area contributed by atoms with Gasteiger partial charge in [0.15, 0.2) is 11.6 Å². The molecule has 0 saturated heterocycles. The summed E-state index contributed by atoms with van der Waals surface area (Å²) in [5, 5.41) is 2.35. The molecule has 132 valence electrons. The van der Waals surface area contributed by atoms with E-state index in [1.165, 1.54) is 19.4 Å². The minimum absolute atomic E-state index is 0.00631. The zero-order chi connectivity index (χ0) is 18.4. The molecule has 1 amide bonds. The standard InChI is InChI=1S/C17H16F2N2O4/c1-24-16-10(5-4-8-20-16)9-13(17(23)25-2)21-15(22)11-6-3-7-12(18)14(11)19/h3-8,13H,9H2,1-2H3,(H,21,22)/t13-/m1/s1. The van der Waals surface area contributed by atoms with Gasteiger partial charge in [0.1, 0.15) is 6.04 Å². The summed E-state index contributed by atoms with van der Waals surface area (Å²) in [4.78, 5) is 28.2. The molecular weight excluding hydrogens is 334 g/mol. The molecule has 0 fully saturated rings. The highest BCUT2D eigenvalue weighted by Gasteiger charge is 2.26. The molecule has 0 bridgehead atoms. The lowest BCUT2D eigenvalue weighted by atomic mass is 10.1. The van der Waals surface area contributed by atoms with Crippen LogP contribution in [0.2, 0.25) is 0 Å². The van der Waals surface area contributed by atoms with Gasteiger partial charge in [0, 0.05) is 18.2 Å². The Bertz CT molecular complexity index is 783. The zero-order valence-electron chi connectivity index (χ0n) is 13.6. The molecule has 1 aromatic carbocycles. The van der Waals surface area contributed by atoms with Crippen LogP contribution in [0.3, 0.4) is 0 Å². The number of carbonyl (C=O) groups excluding carboxylic acids is 2. The summed E-state index contributed by atoms with van der Waals surface area (Å²) in [5.74, 6) is -3.84. The molecule has 0 aliphatic heterocycles. The van der Waals surface area contributed by atoms with Crippen LogP contribution in [0, 0.1) is 11.6 Å². The maximum atomic E-state index is 13.7. The quantitative estimate of drug-likeness (QED) is 0.805. The highest BCUT2D eigenvalue weighted by molar-refractivity contribution is 5.97. The minimum Gasteiger partial charge on any atom is -0.481 e. The molecule has 2 rings (SSSR count).